The number of nitrogens with two attached hydrogens (primary N) is 1. The number of aliphatic imine (C=N–C) groups is 1. The van der Waals surface area contributed by atoms with Gasteiger partial charge in [0, 0.05) is 36.5 Å². The number of anilines is 1. The lowest BCUT2D eigenvalue weighted by Crippen LogP contribution is -2.33. The Bertz CT molecular complexity index is 696. The Hall–Kier alpha value is -2.89. The highest BCUT2D eigenvalue weighted by molar-refractivity contribution is 5.92. The first kappa shape index (κ1) is 18.4. The van der Waals surface area contributed by atoms with E-state index in [2.05, 4.69) is 20.6 Å². The van der Waals surface area contributed by atoms with Gasteiger partial charge in [-0.15, -0.1) is 0 Å². The highest BCUT2D eigenvalue weighted by Gasteiger charge is 2.06. The van der Waals surface area contributed by atoms with Gasteiger partial charge >= 0.3 is 0 Å². The van der Waals surface area contributed by atoms with Crippen LogP contribution in [0.25, 0.3) is 0 Å². The van der Waals surface area contributed by atoms with Crippen molar-refractivity contribution in [3.8, 4) is 0 Å². The van der Waals surface area contributed by atoms with Gasteiger partial charge in [0.05, 0.1) is 6.54 Å². The zero-order valence-electron chi connectivity index (χ0n) is 14.7. The number of carbonyl (C=O) groups is 1. The van der Waals surface area contributed by atoms with Gasteiger partial charge in [-0.1, -0.05) is 32.0 Å². The molecule has 25 heavy (non-hydrogen) atoms. The predicted octanol–water partition coefficient (Wildman–Crippen LogP) is 2.32. The molecule has 0 aliphatic rings. The highest BCUT2D eigenvalue weighted by atomic mass is 16.1. The van der Waals surface area contributed by atoms with E-state index < -0.39 is 0 Å². The summed E-state index contributed by atoms with van der Waals surface area (Å²) >= 11 is 0. The van der Waals surface area contributed by atoms with Gasteiger partial charge in [0.25, 0.3) is 0 Å². The summed E-state index contributed by atoms with van der Waals surface area (Å²) in [5.41, 5.74) is 8.70. The van der Waals surface area contributed by atoms with Crippen LogP contribution in [0, 0.1) is 5.92 Å². The highest BCUT2D eigenvalue weighted by Crippen LogP contribution is 2.11. The summed E-state index contributed by atoms with van der Waals surface area (Å²) in [6.45, 7) is 4.90. The van der Waals surface area contributed by atoms with Gasteiger partial charge in [0.15, 0.2) is 5.96 Å². The molecule has 0 bridgehead atoms. The van der Waals surface area contributed by atoms with Crippen molar-refractivity contribution in [2.75, 3.05) is 11.9 Å². The van der Waals surface area contributed by atoms with Crippen molar-refractivity contribution in [1.82, 2.24) is 10.3 Å². The molecule has 0 spiro atoms. The number of pyridine rings is 1. The van der Waals surface area contributed by atoms with Crippen molar-refractivity contribution >= 4 is 17.6 Å². The third-order valence-corrected chi connectivity index (χ3v) is 3.59. The Morgan fingerprint density at radius 1 is 1.20 bits per heavy atom. The van der Waals surface area contributed by atoms with E-state index in [1.165, 1.54) is 0 Å². The van der Waals surface area contributed by atoms with Gasteiger partial charge in [0.2, 0.25) is 5.91 Å². The van der Waals surface area contributed by atoms with Crippen LogP contribution in [0.15, 0.2) is 53.7 Å². The van der Waals surface area contributed by atoms with E-state index >= 15 is 0 Å². The first-order chi connectivity index (χ1) is 12.0. The monoisotopic (exact) mass is 339 g/mol. The summed E-state index contributed by atoms with van der Waals surface area (Å²) in [5.74, 6) is 0.376. The SMILES string of the molecule is CC(C)C(=O)Nc1ccc(CN=C(N)NCCc2ccccn2)cc1. The third kappa shape index (κ3) is 6.63. The number of rotatable bonds is 7. The van der Waals surface area contributed by atoms with Gasteiger partial charge in [-0.25, -0.2) is 4.99 Å². The van der Waals surface area contributed by atoms with E-state index in [9.17, 15) is 4.79 Å². The first-order valence-electron chi connectivity index (χ1n) is 8.38. The number of hydrogen-bond donors (Lipinski definition) is 3. The van der Waals surface area contributed by atoms with Crippen molar-refractivity contribution in [1.29, 1.82) is 0 Å². The number of nitrogens with zero attached hydrogens (tertiary/aromatic N) is 2. The molecule has 0 saturated heterocycles. The van der Waals surface area contributed by atoms with Crippen LogP contribution in [-0.2, 0) is 17.8 Å². The van der Waals surface area contributed by atoms with Gasteiger partial charge in [-0.2, -0.15) is 0 Å². The molecule has 0 radical (unpaired) electrons. The zero-order chi connectivity index (χ0) is 18.1. The lowest BCUT2D eigenvalue weighted by atomic mass is 10.2. The number of hydrogen-bond acceptors (Lipinski definition) is 3. The molecule has 0 atom stereocenters. The third-order valence-electron chi connectivity index (χ3n) is 3.59. The van der Waals surface area contributed by atoms with Crippen LogP contribution in [0.4, 0.5) is 5.69 Å². The van der Waals surface area contributed by atoms with Crippen LogP contribution in [0.3, 0.4) is 0 Å². The smallest absolute Gasteiger partial charge is 0.226 e. The van der Waals surface area contributed by atoms with E-state index in [-0.39, 0.29) is 11.8 Å². The molecule has 6 nitrogen and oxygen atoms in total. The van der Waals surface area contributed by atoms with Crippen LogP contribution in [-0.4, -0.2) is 23.4 Å². The fourth-order valence-electron chi connectivity index (χ4n) is 2.08. The Morgan fingerprint density at radius 3 is 2.60 bits per heavy atom. The van der Waals surface area contributed by atoms with Crippen LogP contribution in [0.2, 0.25) is 0 Å². The Morgan fingerprint density at radius 2 is 1.96 bits per heavy atom. The maximum absolute atomic E-state index is 11.7. The average molecular weight is 339 g/mol. The minimum atomic E-state index is -0.0405. The lowest BCUT2D eigenvalue weighted by Gasteiger charge is -2.08. The summed E-state index contributed by atoms with van der Waals surface area (Å²) in [4.78, 5) is 20.2. The second-order valence-electron chi connectivity index (χ2n) is 6.04. The zero-order valence-corrected chi connectivity index (χ0v) is 14.7. The van der Waals surface area contributed by atoms with E-state index in [0.29, 0.717) is 19.0 Å². The molecule has 2 aromatic rings. The molecule has 1 amide bonds. The number of nitrogens with one attached hydrogen (secondary N) is 2. The Labute approximate surface area is 148 Å². The fourth-order valence-corrected chi connectivity index (χ4v) is 2.08. The molecule has 0 aliphatic heterocycles. The van der Waals surface area contributed by atoms with Crippen LogP contribution in [0.1, 0.15) is 25.1 Å². The molecule has 0 fully saturated rings. The Kier molecular flexibility index (Phi) is 6.95. The molecular weight excluding hydrogens is 314 g/mol. The molecule has 0 saturated carbocycles. The minimum Gasteiger partial charge on any atom is -0.370 e. The standard InChI is InChI=1S/C19H25N5O/c1-14(2)18(25)24-17-8-6-15(7-9-17)13-23-19(20)22-12-10-16-5-3-4-11-21-16/h3-9,11,14H,10,12-13H2,1-2H3,(H,24,25)(H3,20,22,23). The van der Waals surface area contributed by atoms with Crippen molar-refractivity contribution < 1.29 is 4.79 Å². The summed E-state index contributed by atoms with van der Waals surface area (Å²) in [7, 11) is 0. The van der Waals surface area contributed by atoms with E-state index in [0.717, 1.165) is 23.4 Å². The Balaban J connectivity index is 1.77. The molecule has 0 aliphatic carbocycles. The van der Waals surface area contributed by atoms with Gasteiger partial charge in [-0.3, -0.25) is 9.78 Å². The quantitative estimate of drug-likeness (QED) is 0.533. The molecule has 1 aromatic carbocycles. The lowest BCUT2D eigenvalue weighted by molar-refractivity contribution is -0.118. The number of amides is 1. The van der Waals surface area contributed by atoms with Crippen LogP contribution < -0.4 is 16.4 Å². The summed E-state index contributed by atoms with van der Waals surface area (Å²) in [5, 5.41) is 5.94. The van der Waals surface area contributed by atoms with E-state index in [4.69, 9.17) is 5.73 Å². The van der Waals surface area contributed by atoms with Crippen molar-refractivity contribution in [3.05, 3.63) is 59.9 Å². The van der Waals surface area contributed by atoms with Crippen LogP contribution >= 0.6 is 0 Å². The number of benzene rings is 1. The van der Waals surface area contributed by atoms with Gasteiger partial charge in [-0.05, 0) is 29.8 Å². The predicted molar refractivity (Wildman–Crippen MR) is 101 cm³/mol. The number of aromatic nitrogens is 1. The van der Waals surface area contributed by atoms with E-state index in [1.807, 2.05) is 56.3 Å². The molecule has 1 heterocycles. The molecule has 1 aromatic heterocycles. The molecular formula is C19H25N5O. The van der Waals surface area contributed by atoms with E-state index in [1.54, 1.807) is 6.20 Å². The van der Waals surface area contributed by atoms with Crippen LogP contribution in [0.5, 0.6) is 0 Å². The van der Waals surface area contributed by atoms with Crippen molar-refractivity contribution in [2.24, 2.45) is 16.6 Å². The molecule has 2 rings (SSSR count). The maximum Gasteiger partial charge on any atom is 0.226 e. The number of carbonyl (C=O) groups excluding carboxylic acids is 1. The minimum absolute atomic E-state index is 0.00659. The normalized spacial score (nSPS) is 11.4. The fraction of sp³-hybridized carbons (Fsp3) is 0.316. The van der Waals surface area contributed by atoms with Gasteiger partial charge < -0.3 is 16.4 Å². The molecule has 4 N–H and O–H groups in total. The maximum atomic E-state index is 11.7. The van der Waals surface area contributed by atoms with Crippen molar-refractivity contribution in [2.45, 2.75) is 26.8 Å². The van der Waals surface area contributed by atoms with Crippen molar-refractivity contribution in [3.63, 3.8) is 0 Å². The summed E-state index contributed by atoms with van der Waals surface area (Å²) < 4.78 is 0. The second kappa shape index (κ2) is 9.42. The largest absolute Gasteiger partial charge is 0.370 e. The average Bonchev–Trinajstić information content (AvgIpc) is 2.62. The molecule has 132 valence electrons. The summed E-state index contributed by atoms with van der Waals surface area (Å²) in [6, 6.07) is 13.4. The number of guanidine groups is 1. The second-order valence-corrected chi connectivity index (χ2v) is 6.04. The first-order valence-corrected chi connectivity index (χ1v) is 8.38. The molecule has 0 unspecified atom stereocenters. The molecule has 6 heteroatoms. The van der Waals surface area contributed by atoms with Gasteiger partial charge in [0.1, 0.15) is 0 Å². The topological polar surface area (TPSA) is 92.4 Å². The summed E-state index contributed by atoms with van der Waals surface area (Å²) in [6.07, 6.45) is 2.57.